The molecule has 0 atom stereocenters. The summed E-state index contributed by atoms with van der Waals surface area (Å²) < 4.78 is 0. The number of thiophene rings is 1. The molecule has 0 N–H and O–H groups in total. The van der Waals surface area contributed by atoms with E-state index in [4.69, 9.17) is 0 Å². The Bertz CT molecular complexity index is 832. The molecule has 2 aliphatic heterocycles. The molecule has 0 spiro atoms. The predicted molar refractivity (Wildman–Crippen MR) is 113 cm³/mol. The van der Waals surface area contributed by atoms with Gasteiger partial charge in [0.2, 0.25) is 5.91 Å². The zero-order valence-corrected chi connectivity index (χ0v) is 17.2. The van der Waals surface area contributed by atoms with E-state index in [0.717, 1.165) is 55.0 Å². The molecule has 2 amide bonds. The van der Waals surface area contributed by atoms with E-state index in [1.165, 1.54) is 16.9 Å². The largest absolute Gasteiger partial charge is 0.342 e. The van der Waals surface area contributed by atoms with Crippen molar-refractivity contribution < 1.29 is 9.59 Å². The number of nitrogens with zero attached hydrogens (tertiary/aromatic N) is 3. The van der Waals surface area contributed by atoms with Gasteiger partial charge in [-0.25, -0.2) is 0 Å². The summed E-state index contributed by atoms with van der Waals surface area (Å²) in [6, 6.07) is 10.4. The van der Waals surface area contributed by atoms with Gasteiger partial charge in [-0.3, -0.25) is 14.5 Å². The van der Waals surface area contributed by atoms with E-state index in [1.807, 2.05) is 21.2 Å². The third-order valence-corrected chi connectivity index (χ3v) is 6.60. The Morgan fingerprint density at radius 2 is 1.57 bits per heavy atom. The number of hydrogen-bond acceptors (Lipinski definition) is 4. The van der Waals surface area contributed by atoms with E-state index in [-0.39, 0.29) is 11.8 Å². The minimum absolute atomic E-state index is 0.107. The molecule has 28 heavy (non-hydrogen) atoms. The number of likely N-dealkylation sites (tertiary alicyclic amines) is 1. The Kier molecular flexibility index (Phi) is 5.78. The Labute approximate surface area is 170 Å². The second-order valence-corrected chi connectivity index (χ2v) is 8.60. The Morgan fingerprint density at radius 1 is 0.893 bits per heavy atom. The lowest BCUT2D eigenvalue weighted by Gasteiger charge is -2.35. The highest BCUT2D eigenvalue weighted by atomic mass is 32.1. The molecule has 0 aliphatic carbocycles. The lowest BCUT2D eigenvalue weighted by Crippen LogP contribution is -2.51. The number of aryl methyl sites for hydroxylation is 1. The van der Waals surface area contributed by atoms with Crippen LogP contribution in [0.15, 0.2) is 35.7 Å². The van der Waals surface area contributed by atoms with Gasteiger partial charge in [-0.05, 0) is 36.8 Å². The zero-order chi connectivity index (χ0) is 19.5. The average Bonchev–Trinajstić information content (AvgIpc) is 3.41. The van der Waals surface area contributed by atoms with Crippen molar-refractivity contribution in [3.8, 4) is 11.1 Å². The Hall–Kier alpha value is -2.18. The Morgan fingerprint density at radius 3 is 2.25 bits per heavy atom. The smallest absolute Gasteiger partial charge is 0.264 e. The summed E-state index contributed by atoms with van der Waals surface area (Å²) in [6.45, 7) is 7.23. The molecule has 3 heterocycles. The van der Waals surface area contributed by atoms with Gasteiger partial charge >= 0.3 is 0 Å². The molecule has 2 fully saturated rings. The summed E-state index contributed by atoms with van der Waals surface area (Å²) in [7, 11) is 0. The summed E-state index contributed by atoms with van der Waals surface area (Å²) in [5.74, 6) is 0.341. The van der Waals surface area contributed by atoms with Gasteiger partial charge < -0.3 is 9.80 Å². The molecule has 1 aromatic carbocycles. The average molecular weight is 398 g/mol. The van der Waals surface area contributed by atoms with Crippen molar-refractivity contribution in [2.45, 2.75) is 19.8 Å². The summed E-state index contributed by atoms with van der Waals surface area (Å²) in [4.78, 5) is 32.3. The van der Waals surface area contributed by atoms with E-state index in [2.05, 4.69) is 36.1 Å². The summed E-state index contributed by atoms with van der Waals surface area (Å²) >= 11 is 1.51. The summed E-state index contributed by atoms with van der Waals surface area (Å²) in [5, 5.41) is 1.99. The Balaban J connectivity index is 1.36. The maximum absolute atomic E-state index is 13.1. The third kappa shape index (κ3) is 4.13. The molecule has 2 aliphatic rings. The van der Waals surface area contributed by atoms with Gasteiger partial charge in [0, 0.05) is 44.8 Å². The van der Waals surface area contributed by atoms with E-state index in [1.54, 1.807) is 0 Å². The maximum atomic E-state index is 13.1. The molecule has 2 aromatic rings. The second kappa shape index (κ2) is 8.45. The molecule has 1 aromatic heterocycles. The highest BCUT2D eigenvalue weighted by Crippen LogP contribution is 2.30. The molecule has 5 nitrogen and oxygen atoms in total. The van der Waals surface area contributed by atoms with Crippen LogP contribution in [0, 0.1) is 6.92 Å². The first-order valence-corrected chi connectivity index (χ1v) is 10.9. The molecular weight excluding hydrogens is 370 g/mol. The first kappa shape index (κ1) is 19.2. The minimum atomic E-state index is 0.107. The van der Waals surface area contributed by atoms with Crippen molar-refractivity contribution in [2.75, 3.05) is 45.8 Å². The fourth-order valence-corrected chi connectivity index (χ4v) is 4.83. The van der Waals surface area contributed by atoms with Gasteiger partial charge in [0.25, 0.3) is 5.91 Å². The van der Waals surface area contributed by atoms with Crippen LogP contribution in [0.25, 0.3) is 11.1 Å². The highest BCUT2D eigenvalue weighted by Gasteiger charge is 2.27. The van der Waals surface area contributed by atoms with Crippen LogP contribution in [0.4, 0.5) is 0 Å². The topological polar surface area (TPSA) is 43.9 Å². The van der Waals surface area contributed by atoms with Crippen LogP contribution in [-0.2, 0) is 4.79 Å². The van der Waals surface area contributed by atoms with Gasteiger partial charge in [-0.15, -0.1) is 11.3 Å². The third-order valence-electron chi connectivity index (χ3n) is 5.70. The number of hydrogen-bond donors (Lipinski definition) is 0. The monoisotopic (exact) mass is 397 g/mol. The number of amides is 2. The van der Waals surface area contributed by atoms with Crippen LogP contribution in [-0.4, -0.2) is 72.3 Å². The summed E-state index contributed by atoms with van der Waals surface area (Å²) in [6.07, 6.45) is 2.25. The van der Waals surface area contributed by atoms with Crippen LogP contribution < -0.4 is 0 Å². The fraction of sp³-hybridized carbons (Fsp3) is 0.455. The molecule has 4 rings (SSSR count). The standard InChI is InChI=1S/C22H27N3O2S/c1-17-4-6-18(7-5-17)19-8-15-28-21(19)22(27)25-13-11-23(12-14-25)16-20(26)24-9-2-3-10-24/h4-8,15H,2-3,9-14,16H2,1H3. The van der Waals surface area contributed by atoms with E-state index < -0.39 is 0 Å². The molecule has 0 saturated carbocycles. The molecular formula is C22H27N3O2S. The molecule has 6 heteroatoms. The number of benzene rings is 1. The number of carbonyl (C=O) groups excluding carboxylic acids is 2. The van der Waals surface area contributed by atoms with Crippen molar-refractivity contribution >= 4 is 23.2 Å². The van der Waals surface area contributed by atoms with E-state index in [0.29, 0.717) is 19.6 Å². The first-order valence-electron chi connectivity index (χ1n) is 10.1. The van der Waals surface area contributed by atoms with Crippen LogP contribution in [0.5, 0.6) is 0 Å². The SMILES string of the molecule is Cc1ccc(-c2ccsc2C(=O)N2CCN(CC(=O)N3CCCC3)CC2)cc1. The number of rotatable bonds is 4. The quantitative estimate of drug-likeness (QED) is 0.796. The number of piperazine rings is 1. The normalized spacial score (nSPS) is 17.9. The van der Waals surface area contributed by atoms with Crippen LogP contribution in [0.2, 0.25) is 0 Å². The van der Waals surface area contributed by atoms with Crippen LogP contribution in [0.3, 0.4) is 0 Å². The predicted octanol–water partition coefficient (Wildman–Crippen LogP) is 3.10. The lowest BCUT2D eigenvalue weighted by atomic mass is 10.0. The van der Waals surface area contributed by atoms with Gasteiger partial charge in [0.1, 0.15) is 0 Å². The van der Waals surface area contributed by atoms with Crippen LogP contribution in [0.1, 0.15) is 28.1 Å². The number of carbonyl (C=O) groups is 2. The second-order valence-electron chi connectivity index (χ2n) is 7.69. The van der Waals surface area contributed by atoms with Gasteiger partial charge in [0.05, 0.1) is 11.4 Å². The van der Waals surface area contributed by atoms with Gasteiger partial charge in [-0.2, -0.15) is 0 Å². The van der Waals surface area contributed by atoms with Gasteiger partial charge in [-0.1, -0.05) is 29.8 Å². The zero-order valence-electron chi connectivity index (χ0n) is 16.4. The first-order chi connectivity index (χ1) is 13.6. The van der Waals surface area contributed by atoms with Crippen molar-refractivity contribution in [1.29, 1.82) is 0 Å². The van der Waals surface area contributed by atoms with Crippen molar-refractivity contribution in [3.05, 3.63) is 46.2 Å². The highest BCUT2D eigenvalue weighted by molar-refractivity contribution is 7.12. The van der Waals surface area contributed by atoms with Crippen molar-refractivity contribution in [2.24, 2.45) is 0 Å². The van der Waals surface area contributed by atoms with E-state index in [9.17, 15) is 9.59 Å². The molecule has 0 bridgehead atoms. The van der Waals surface area contributed by atoms with Crippen molar-refractivity contribution in [3.63, 3.8) is 0 Å². The molecule has 148 valence electrons. The lowest BCUT2D eigenvalue weighted by molar-refractivity contribution is -0.131. The maximum Gasteiger partial charge on any atom is 0.264 e. The van der Waals surface area contributed by atoms with Crippen LogP contribution >= 0.6 is 11.3 Å². The molecule has 0 unspecified atom stereocenters. The van der Waals surface area contributed by atoms with Gasteiger partial charge in [0.15, 0.2) is 0 Å². The van der Waals surface area contributed by atoms with E-state index >= 15 is 0 Å². The fourth-order valence-electron chi connectivity index (χ4n) is 3.95. The molecule has 0 radical (unpaired) electrons. The van der Waals surface area contributed by atoms with Crippen molar-refractivity contribution in [1.82, 2.24) is 14.7 Å². The molecule has 2 saturated heterocycles. The summed E-state index contributed by atoms with van der Waals surface area (Å²) in [5.41, 5.74) is 3.32. The minimum Gasteiger partial charge on any atom is -0.342 e.